The van der Waals surface area contributed by atoms with Gasteiger partial charge in [0, 0.05) is 31.4 Å². The minimum Gasteiger partial charge on any atom is -0.465 e. The Morgan fingerprint density at radius 1 is 1.44 bits per heavy atom. The highest BCUT2D eigenvalue weighted by Gasteiger charge is 2.25. The van der Waals surface area contributed by atoms with Crippen molar-refractivity contribution < 1.29 is 9.53 Å². The number of rotatable bonds is 2. The molecule has 1 aromatic heterocycles. The number of esters is 1. The topological polar surface area (TPSA) is 54.5 Å². The zero-order valence-electron chi connectivity index (χ0n) is 11.0. The SMILES string of the molecule is COC(=O)c1cccnc1N1CC(C)NC(C)C1. The molecule has 5 heteroatoms. The van der Waals surface area contributed by atoms with Crippen LogP contribution in [-0.2, 0) is 4.74 Å². The Morgan fingerprint density at radius 2 is 2.11 bits per heavy atom. The van der Waals surface area contributed by atoms with Crippen LogP contribution in [0.1, 0.15) is 24.2 Å². The van der Waals surface area contributed by atoms with E-state index in [4.69, 9.17) is 4.74 Å². The third kappa shape index (κ3) is 2.61. The van der Waals surface area contributed by atoms with E-state index in [1.165, 1.54) is 7.11 Å². The fraction of sp³-hybridized carbons (Fsp3) is 0.538. The molecule has 5 nitrogen and oxygen atoms in total. The number of aromatic nitrogens is 1. The molecule has 2 rings (SSSR count). The van der Waals surface area contributed by atoms with Gasteiger partial charge < -0.3 is 15.0 Å². The van der Waals surface area contributed by atoms with E-state index in [-0.39, 0.29) is 5.97 Å². The van der Waals surface area contributed by atoms with E-state index in [0.717, 1.165) is 13.1 Å². The maximum atomic E-state index is 11.7. The number of hydrogen-bond acceptors (Lipinski definition) is 5. The summed E-state index contributed by atoms with van der Waals surface area (Å²) in [5.41, 5.74) is 0.529. The Balaban J connectivity index is 2.29. The van der Waals surface area contributed by atoms with Gasteiger partial charge in [-0.15, -0.1) is 0 Å². The lowest BCUT2D eigenvalue weighted by Crippen LogP contribution is -2.54. The lowest BCUT2D eigenvalue weighted by molar-refractivity contribution is 0.0601. The number of carbonyl (C=O) groups excluding carboxylic acids is 1. The van der Waals surface area contributed by atoms with Crippen LogP contribution in [0.15, 0.2) is 18.3 Å². The van der Waals surface area contributed by atoms with Gasteiger partial charge in [0.05, 0.1) is 7.11 Å². The predicted octanol–water partition coefficient (Wildman–Crippen LogP) is 1.05. The number of piperazine rings is 1. The minimum atomic E-state index is -0.336. The van der Waals surface area contributed by atoms with Crippen LogP contribution >= 0.6 is 0 Å². The summed E-state index contributed by atoms with van der Waals surface area (Å²) in [7, 11) is 1.39. The molecular formula is C13H19N3O2. The number of carbonyl (C=O) groups is 1. The molecule has 0 amide bonds. The van der Waals surface area contributed by atoms with Gasteiger partial charge in [0.1, 0.15) is 11.4 Å². The molecule has 1 fully saturated rings. The molecule has 1 aromatic rings. The molecule has 1 aliphatic heterocycles. The second-order valence-corrected chi connectivity index (χ2v) is 4.74. The summed E-state index contributed by atoms with van der Waals surface area (Å²) in [5, 5.41) is 3.46. The van der Waals surface area contributed by atoms with Crippen molar-refractivity contribution in [1.29, 1.82) is 0 Å². The average molecular weight is 249 g/mol. The number of nitrogens with one attached hydrogen (secondary N) is 1. The number of pyridine rings is 1. The molecule has 0 aromatic carbocycles. The van der Waals surface area contributed by atoms with E-state index in [2.05, 4.69) is 29.0 Å². The molecule has 0 saturated carbocycles. The summed E-state index contributed by atoms with van der Waals surface area (Å²) < 4.78 is 4.80. The average Bonchev–Trinajstić information content (AvgIpc) is 2.36. The highest BCUT2D eigenvalue weighted by molar-refractivity contribution is 5.94. The monoisotopic (exact) mass is 249 g/mol. The fourth-order valence-electron chi connectivity index (χ4n) is 2.42. The predicted molar refractivity (Wildman–Crippen MR) is 69.8 cm³/mol. The van der Waals surface area contributed by atoms with E-state index in [1.807, 2.05) is 0 Å². The summed E-state index contributed by atoms with van der Waals surface area (Å²) in [4.78, 5) is 18.2. The van der Waals surface area contributed by atoms with Gasteiger partial charge in [-0.25, -0.2) is 9.78 Å². The van der Waals surface area contributed by atoms with Crippen LogP contribution in [0.2, 0.25) is 0 Å². The molecule has 2 unspecified atom stereocenters. The summed E-state index contributed by atoms with van der Waals surface area (Å²) in [6.45, 7) is 5.93. The van der Waals surface area contributed by atoms with Gasteiger partial charge >= 0.3 is 5.97 Å². The van der Waals surface area contributed by atoms with Crippen LogP contribution in [0.5, 0.6) is 0 Å². The Morgan fingerprint density at radius 3 is 2.72 bits per heavy atom. The van der Waals surface area contributed by atoms with Gasteiger partial charge in [0.15, 0.2) is 0 Å². The van der Waals surface area contributed by atoms with Gasteiger partial charge in [-0.05, 0) is 26.0 Å². The van der Waals surface area contributed by atoms with Crippen molar-refractivity contribution in [2.75, 3.05) is 25.1 Å². The van der Waals surface area contributed by atoms with Gasteiger partial charge in [-0.1, -0.05) is 0 Å². The highest BCUT2D eigenvalue weighted by Crippen LogP contribution is 2.20. The summed E-state index contributed by atoms with van der Waals surface area (Å²) in [6.07, 6.45) is 1.71. The number of anilines is 1. The first-order chi connectivity index (χ1) is 8.61. The standard InChI is InChI=1S/C13H19N3O2/c1-9-7-16(8-10(2)15-9)12-11(13(17)18-3)5-4-6-14-12/h4-6,9-10,15H,7-8H2,1-3H3. The fourth-order valence-corrected chi connectivity index (χ4v) is 2.42. The van der Waals surface area contributed by atoms with Crippen molar-refractivity contribution in [3.8, 4) is 0 Å². The molecular weight excluding hydrogens is 230 g/mol. The van der Waals surface area contributed by atoms with E-state index < -0.39 is 0 Å². The third-order valence-corrected chi connectivity index (χ3v) is 3.05. The molecule has 18 heavy (non-hydrogen) atoms. The molecule has 1 aliphatic rings. The van der Waals surface area contributed by atoms with Gasteiger partial charge in [-0.3, -0.25) is 0 Å². The van der Waals surface area contributed by atoms with Gasteiger partial charge in [-0.2, -0.15) is 0 Å². The van der Waals surface area contributed by atoms with Crippen molar-refractivity contribution in [1.82, 2.24) is 10.3 Å². The lowest BCUT2D eigenvalue weighted by Gasteiger charge is -2.37. The second kappa shape index (κ2) is 5.35. The van der Waals surface area contributed by atoms with Gasteiger partial charge in [0.2, 0.25) is 0 Å². The molecule has 1 saturated heterocycles. The maximum Gasteiger partial charge on any atom is 0.341 e. The number of ether oxygens (including phenoxy) is 1. The first kappa shape index (κ1) is 12.8. The minimum absolute atomic E-state index is 0.336. The maximum absolute atomic E-state index is 11.7. The molecule has 0 aliphatic carbocycles. The Hall–Kier alpha value is -1.62. The van der Waals surface area contributed by atoms with E-state index in [1.54, 1.807) is 18.3 Å². The zero-order chi connectivity index (χ0) is 13.1. The van der Waals surface area contributed by atoms with Crippen LogP contribution in [-0.4, -0.2) is 43.2 Å². The Kier molecular flexibility index (Phi) is 3.81. The first-order valence-electron chi connectivity index (χ1n) is 6.16. The summed E-state index contributed by atoms with van der Waals surface area (Å²) >= 11 is 0. The van der Waals surface area contributed by atoms with Crippen LogP contribution in [0.25, 0.3) is 0 Å². The second-order valence-electron chi connectivity index (χ2n) is 4.74. The highest BCUT2D eigenvalue weighted by atomic mass is 16.5. The largest absolute Gasteiger partial charge is 0.465 e. The van der Waals surface area contributed by atoms with E-state index >= 15 is 0 Å². The Labute approximate surface area is 107 Å². The molecule has 0 radical (unpaired) electrons. The number of hydrogen-bond donors (Lipinski definition) is 1. The van der Waals surface area contributed by atoms with E-state index in [0.29, 0.717) is 23.5 Å². The van der Waals surface area contributed by atoms with Crippen molar-refractivity contribution in [3.63, 3.8) is 0 Å². The molecule has 2 heterocycles. The normalized spacial score (nSPS) is 23.8. The Bertz CT molecular complexity index is 426. The van der Waals surface area contributed by atoms with Crippen LogP contribution in [0.3, 0.4) is 0 Å². The van der Waals surface area contributed by atoms with E-state index in [9.17, 15) is 4.79 Å². The van der Waals surface area contributed by atoms with Crippen molar-refractivity contribution in [3.05, 3.63) is 23.9 Å². The zero-order valence-corrected chi connectivity index (χ0v) is 11.0. The van der Waals surface area contributed by atoms with Crippen molar-refractivity contribution in [2.45, 2.75) is 25.9 Å². The number of methoxy groups -OCH3 is 1. The van der Waals surface area contributed by atoms with Crippen LogP contribution < -0.4 is 10.2 Å². The van der Waals surface area contributed by atoms with Crippen molar-refractivity contribution >= 4 is 11.8 Å². The quantitative estimate of drug-likeness (QED) is 0.794. The molecule has 1 N–H and O–H groups in total. The van der Waals surface area contributed by atoms with Crippen LogP contribution in [0.4, 0.5) is 5.82 Å². The summed E-state index contributed by atoms with van der Waals surface area (Å²) in [6, 6.07) is 4.26. The molecule has 0 spiro atoms. The van der Waals surface area contributed by atoms with Crippen LogP contribution in [0, 0.1) is 0 Å². The first-order valence-corrected chi connectivity index (χ1v) is 6.16. The lowest BCUT2D eigenvalue weighted by atomic mass is 10.1. The van der Waals surface area contributed by atoms with Crippen molar-refractivity contribution in [2.24, 2.45) is 0 Å². The smallest absolute Gasteiger partial charge is 0.341 e. The molecule has 98 valence electrons. The third-order valence-electron chi connectivity index (χ3n) is 3.05. The number of nitrogens with zero attached hydrogens (tertiary/aromatic N) is 2. The molecule has 0 bridgehead atoms. The van der Waals surface area contributed by atoms with Gasteiger partial charge in [0.25, 0.3) is 0 Å². The summed E-state index contributed by atoms with van der Waals surface area (Å²) in [5.74, 6) is 0.376. The molecule has 2 atom stereocenters.